The molecule has 2 aliphatic heterocycles. The molecule has 1 aromatic rings. The normalized spacial score (nSPS) is 24.1. The number of nitrogens with two attached hydrogens (primary N) is 1. The zero-order chi connectivity index (χ0) is 18.4. The molecular formula is C19H31IN4O2S. The van der Waals surface area contributed by atoms with Crippen LogP contribution < -0.4 is 11.1 Å². The van der Waals surface area contributed by atoms with Crippen LogP contribution in [0, 0.1) is 5.92 Å². The van der Waals surface area contributed by atoms with E-state index in [1.165, 1.54) is 5.56 Å². The third-order valence-electron chi connectivity index (χ3n) is 5.27. The zero-order valence-electron chi connectivity index (χ0n) is 15.7. The summed E-state index contributed by atoms with van der Waals surface area (Å²) in [5.41, 5.74) is 7.37. The number of piperidine rings is 1. The Morgan fingerprint density at radius 2 is 1.89 bits per heavy atom. The molecule has 2 fully saturated rings. The molecule has 2 heterocycles. The lowest BCUT2D eigenvalue weighted by atomic mass is 10.0. The molecule has 3 rings (SSSR count). The molecule has 3 N–H and O–H groups in total. The molecule has 0 radical (unpaired) electrons. The monoisotopic (exact) mass is 506 g/mol. The first-order valence-corrected chi connectivity index (χ1v) is 11.4. The van der Waals surface area contributed by atoms with E-state index in [1.807, 2.05) is 6.07 Å². The molecule has 152 valence electrons. The predicted octanol–water partition coefficient (Wildman–Crippen LogP) is 2.00. The van der Waals surface area contributed by atoms with Gasteiger partial charge in [-0.3, -0.25) is 9.89 Å². The smallest absolute Gasteiger partial charge is 0.188 e. The minimum atomic E-state index is -2.88. The molecule has 0 amide bonds. The van der Waals surface area contributed by atoms with Crippen molar-refractivity contribution in [3.05, 3.63) is 35.9 Å². The largest absolute Gasteiger partial charge is 0.370 e. The molecule has 2 aliphatic rings. The number of nitrogens with zero attached hydrogens (tertiary/aromatic N) is 2. The lowest BCUT2D eigenvalue weighted by molar-refractivity contribution is 0.199. The number of hydrogen-bond donors (Lipinski definition) is 2. The average Bonchev–Trinajstić information content (AvgIpc) is 2.62. The van der Waals surface area contributed by atoms with Crippen molar-refractivity contribution >= 4 is 39.8 Å². The van der Waals surface area contributed by atoms with Crippen molar-refractivity contribution in [1.29, 1.82) is 0 Å². The highest BCUT2D eigenvalue weighted by molar-refractivity contribution is 14.0. The van der Waals surface area contributed by atoms with Gasteiger partial charge in [0.05, 0.1) is 11.5 Å². The average molecular weight is 506 g/mol. The van der Waals surface area contributed by atoms with Gasteiger partial charge in [-0.15, -0.1) is 24.0 Å². The lowest BCUT2D eigenvalue weighted by Crippen LogP contribution is -2.47. The van der Waals surface area contributed by atoms with Gasteiger partial charge in [0.15, 0.2) is 15.8 Å². The second kappa shape index (κ2) is 10.6. The molecule has 1 aromatic carbocycles. The summed E-state index contributed by atoms with van der Waals surface area (Å²) in [6.45, 7) is 3.58. The minimum Gasteiger partial charge on any atom is -0.370 e. The third-order valence-corrected chi connectivity index (χ3v) is 7.16. The predicted molar refractivity (Wildman–Crippen MR) is 121 cm³/mol. The molecule has 0 bridgehead atoms. The fourth-order valence-electron chi connectivity index (χ4n) is 3.82. The van der Waals surface area contributed by atoms with Gasteiger partial charge in [0.2, 0.25) is 0 Å². The number of aliphatic imine (C=N–C) groups is 1. The van der Waals surface area contributed by atoms with E-state index in [4.69, 9.17) is 5.73 Å². The van der Waals surface area contributed by atoms with Gasteiger partial charge < -0.3 is 11.1 Å². The summed E-state index contributed by atoms with van der Waals surface area (Å²) in [5.74, 6) is 1.14. The van der Waals surface area contributed by atoms with Crippen LogP contribution in [0.1, 0.15) is 31.2 Å². The van der Waals surface area contributed by atoms with Gasteiger partial charge in [-0.25, -0.2) is 8.42 Å². The van der Waals surface area contributed by atoms with Gasteiger partial charge in [0.25, 0.3) is 0 Å². The summed E-state index contributed by atoms with van der Waals surface area (Å²) in [6.07, 6.45) is 3.76. The Labute approximate surface area is 179 Å². The Morgan fingerprint density at radius 1 is 1.19 bits per heavy atom. The molecule has 2 saturated heterocycles. The van der Waals surface area contributed by atoms with Crippen molar-refractivity contribution in [2.75, 3.05) is 31.1 Å². The Balaban J connectivity index is 0.00000261. The van der Waals surface area contributed by atoms with E-state index in [-0.39, 0.29) is 35.6 Å². The van der Waals surface area contributed by atoms with Crippen LogP contribution in [0.3, 0.4) is 0 Å². The maximum atomic E-state index is 11.7. The molecule has 0 aliphatic carbocycles. The first kappa shape index (κ1) is 22.4. The van der Waals surface area contributed by atoms with Gasteiger partial charge >= 0.3 is 0 Å². The van der Waals surface area contributed by atoms with Crippen molar-refractivity contribution in [2.45, 2.75) is 38.3 Å². The summed E-state index contributed by atoms with van der Waals surface area (Å²) in [6, 6.07) is 10.9. The number of sulfone groups is 1. The third kappa shape index (κ3) is 7.57. The van der Waals surface area contributed by atoms with Gasteiger partial charge in [0, 0.05) is 32.2 Å². The number of likely N-dealkylation sites (tertiary alicyclic amines) is 1. The number of halogens is 1. The van der Waals surface area contributed by atoms with Crippen molar-refractivity contribution in [3.63, 3.8) is 0 Å². The maximum absolute atomic E-state index is 11.7. The highest BCUT2D eigenvalue weighted by Gasteiger charge is 2.24. The van der Waals surface area contributed by atoms with Crippen molar-refractivity contribution in [3.8, 4) is 0 Å². The standard InChI is InChI=1S/C19H30N4O2S.HI/c20-19(21-13-17-7-4-12-26(24,25)15-17)22-18-8-10-23(11-9-18)14-16-5-2-1-3-6-16;/h1-3,5-6,17-18H,4,7-15H2,(H3,20,21,22);1H. The molecule has 6 nitrogen and oxygen atoms in total. The second-order valence-corrected chi connectivity index (χ2v) is 9.76. The summed E-state index contributed by atoms with van der Waals surface area (Å²) in [4.78, 5) is 6.87. The lowest BCUT2D eigenvalue weighted by Gasteiger charge is -2.32. The fraction of sp³-hybridized carbons (Fsp3) is 0.632. The van der Waals surface area contributed by atoms with Gasteiger partial charge in [-0.05, 0) is 37.2 Å². The summed E-state index contributed by atoms with van der Waals surface area (Å²) in [5, 5.41) is 3.32. The molecule has 0 saturated carbocycles. The first-order valence-electron chi connectivity index (χ1n) is 9.53. The molecule has 1 atom stereocenters. The maximum Gasteiger partial charge on any atom is 0.188 e. The van der Waals surface area contributed by atoms with Crippen LogP contribution in [-0.4, -0.2) is 56.5 Å². The van der Waals surface area contributed by atoms with Crippen molar-refractivity contribution in [2.24, 2.45) is 16.6 Å². The Hall–Kier alpha value is -0.870. The van der Waals surface area contributed by atoms with Crippen LogP contribution in [0.25, 0.3) is 0 Å². The number of benzene rings is 1. The quantitative estimate of drug-likeness (QED) is 0.363. The van der Waals surface area contributed by atoms with E-state index in [9.17, 15) is 8.42 Å². The Bertz CT molecular complexity index is 704. The summed E-state index contributed by atoms with van der Waals surface area (Å²) >= 11 is 0. The number of hydrogen-bond acceptors (Lipinski definition) is 4. The van der Waals surface area contributed by atoms with E-state index in [1.54, 1.807) is 0 Å². The van der Waals surface area contributed by atoms with Crippen LogP contribution in [-0.2, 0) is 16.4 Å². The molecule has 0 spiro atoms. The van der Waals surface area contributed by atoms with Crippen LogP contribution in [0.2, 0.25) is 0 Å². The van der Waals surface area contributed by atoms with E-state index in [0.717, 1.165) is 45.3 Å². The van der Waals surface area contributed by atoms with E-state index < -0.39 is 9.84 Å². The number of nitrogens with one attached hydrogen (secondary N) is 1. The van der Waals surface area contributed by atoms with Crippen LogP contribution in [0.5, 0.6) is 0 Å². The van der Waals surface area contributed by atoms with Crippen LogP contribution >= 0.6 is 24.0 Å². The molecule has 27 heavy (non-hydrogen) atoms. The fourth-order valence-corrected chi connectivity index (χ4v) is 5.58. The number of guanidine groups is 1. The molecule has 8 heteroatoms. The summed E-state index contributed by atoms with van der Waals surface area (Å²) < 4.78 is 23.4. The van der Waals surface area contributed by atoms with Gasteiger partial charge in [0.1, 0.15) is 0 Å². The Kier molecular flexibility index (Phi) is 8.81. The highest BCUT2D eigenvalue weighted by Crippen LogP contribution is 2.18. The van der Waals surface area contributed by atoms with Crippen molar-refractivity contribution in [1.82, 2.24) is 10.2 Å². The SMILES string of the molecule is I.NC(=NCC1CCCS(=O)(=O)C1)NC1CCN(Cc2ccccc2)CC1. The van der Waals surface area contributed by atoms with E-state index >= 15 is 0 Å². The Morgan fingerprint density at radius 3 is 2.56 bits per heavy atom. The molecule has 0 aromatic heterocycles. The minimum absolute atomic E-state index is 0. The number of rotatable bonds is 5. The second-order valence-electron chi connectivity index (χ2n) is 7.53. The van der Waals surface area contributed by atoms with Crippen LogP contribution in [0.4, 0.5) is 0 Å². The van der Waals surface area contributed by atoms with Gasteiger partial charge in [-0.1, -0.05) is 30.3 Å². The first-order chi connectivity index (χ1) is 12.5. The zero-order valence-corrected chi connectivity index (χ0v) is 18.9. The summed E-state index contributed by atoms with van der Waals surface area (Å²) in [7, 11) is -2.88. The highest BCUT2D eigenvalue weighted by atomic mass is 127. The van der Waals surface area contributed by atoms with Crippen molar-refractivity contribution < 1.29 is 8.42 Å². The van der Waals surface area contributed by atoms with E-state index in [0.29, 0.717) is 24.3 Å². The molecular weight excluding hydrogens is 475 g/mol. The van der Waals surface area contributed by atoms with Crippen LogP contribution in [0.15, 0.2) is 35.3 Å². The molecule has 1 unspecified atom stereocenters. The topological polar surface area (TPSA) is 87.8 Å². The van der Waals surface area contributed by atoms with E-state index in [2.05, 4.69) is 39.5 Å². The van der Waals surface area contributed by atoms with Gasteiger partial charge in [-0.2, -0.15) is 0 Å².